The summed E-state index contributed by atoms with van der Waals surface area (Å²) >= 11 is 5.87. The Hall–Kier alpha value is -2.23. The van der Waals surface area contributed by atoms with E-state index >= 15 is 0 Å². The highest BCUT2D eigenvalue weighted by molar-refractivity contribution is 7.89. The minimum Gasteiger partial charge on any atom is -0.439 e. The summed E-state index contributed by atoms with van der Waals surface area (Å²) in [4.78, 5) is 16.6. The fraction of sp³-hybridized carbons (Fsp3) is 0.267. The van der Waals surface area contributed by atoms with Gasteiger partial charge in [-0.2, -0.15) is 5.10 Å². The molecule has 0 radical (unpaired) electrons. The third-order valence-electron chi connectivity index (χ3n) is 3.80. The first kappa shape index (κ1) is 17.6. The van der Waals surface area contributed by atoms with Crippen molar-refractivity contribution in [1.29, 1.82) is 0 Å². The minimum absolute atomic E-state index is 0.0126. The molecule has 0 saturated carbocycles. The molecule has 8 nitrogen and oxygen atoms in total. The second-order valence-corrected chi connectivity index (χ2v) is 7.74. The maximum Gasteiger partial charge on any atom is 0.271 e. The van der Waals surface area contributed by atoms with Crippen molar-refractivity contribution in [3.05, 3.63) is 50.7 Å². The Bertz CT molecular complexity index is 1130. The van der Waals surface area contributed by atoms with Gasteiger partial charge in [-0.15, -0.1) is 0 Å². The third-order valence-corrected chi connectivity index (χ3v) is 5.73. The first-order valence-corrected chi connectivity index (χ1v) is 9.15. The van der Waals surface area contributed by atoms with Crippen LogP contribution in [0.3, 0.4) is 0 Å². The molecular formula is C15H15ClN4O4S. The molecule has 132 valence electrons. The molecule has 2 heterocycles. The highest BCUT2D eigenvalue weighted by atomic mass is 35.5. The van der Waals surface area contributed by atoms with E-state index < -0.39 is 10.0 Å². The van der Waals surface area contributed by atoms with Crippen molar-refractivity contribution in [3.63, 3.8) is 0 Å². The number of nitrogens with one attached hydrogen (secondary N) is 1. The molecule has 3 rings (SSSR count). The van der Waals surface area contributed by atoms with E-state index in [0.717, 1.165) is 0 Å². The Labute approximate surface area is 148 Å². The zero-order chi connectivity index (χ0) is 18.4. The van der Waals surface area contributed by atoms with Gasteiger partial charge in [0, 0.05) is 11.6 Å². The number of halogens is 1. The van der Waals surface area contributed by atoms with Gasteiger partial charge in [-0.3, -0.25) is 4.79 Å². The third kappa shape index (κ3) is 3.17. The van der Waals surface area contributed by atoms with Gasteiger partial charge in [0.1, 0.15) is 12.1 Å². The minimum atomic E-state index is -3.61. The molecule has 0 unspecified atom stereocenters. The predicted molar refractivity (Wildman–Crippen MR) is 92.3 cm³/mol. The fourth-order valence-electron chi connectivity index (χ4n) is 2.38. The number of benzene rings is 1. The monoisotopic (exact) mass is 382 g/mol. The maximum atomic E-state index is 12.1. The van der Waals surface area contributed by atoms with Gasteiger partial charge in [0.25, 0.3) is 5.56 Å². The van der Waals surface area contributed by atoms with E-state index in [1.807, 2.05) is 0 Å². The summed E-state index contributed by atoms with van der Waals surface area (Å²) in [5, 5.41) is 4.25. The highest BCUT2D eigenvalue weighted by Gasteiger charge is 2.18. The number of nitrogens with zero attached hydrogens (tertiary/aromatic N) is 3. The van der Waals surface area contributed by atoms with Crippen LogP contribution in [-0.4, -0.2) is 30.2 Å². The Morgan fingerprint density at radius 1 is 1.32 bits per heavy atom. The summed E-state index contributed by atoms with van der Waals surface area (Å²) in [5.74, 6) is 0.240. The number of sulfonamides is 1. The van der Waals surface area contributed by atoms with Crippen LogP contribution in [0, 0.1) is 13.8 Å². The van der Waals surface area contributed by atoms with E-state index in [1.54, 1.807) is 19.9 Å². The van der Waals surface area contributed by atoms with Crippen LogP contribution >= 0.6 is 11.6 Å². The standard InChI is InChI=1S/C15H15ClN4O4S/c1-8-4-11-12(5-13(8)25(22,23)17-3)24-14(19-11)7-20-15(21)9(2)10(16)6-18-20/h4-6,17H,7H2,1-3H3. The number of hydrogen-bond acceptors (Lipinski definition) is 6. The van der Waals surface area contributed by atoms with Crippen molar-refractivity contribution in [2.24, 2.45) is 0 Å². The van der Waals surface area contributed by atoms with Crippen molar-refractivity contribution in [3.8, 4) is 0 Å². The number of oxazole rings is 1. The first-order chi connectivity index (χ1) is 11.7. The molecule has 10 heteroatoms. The summed E-state index contributed by atoms with van der Waals surface area (Å²) in [5.41, 5.74) is 1.39. The quantitative estimate of drug-likeness (QED) is 0.734. The SMILES string of the molecule is CNS(=O)(=O)c1cc2oc(Cn3ncc(Cl)c(C)c3=O)nc2cc1C. The summed E-state index contributed by atoms with van der Waals surface area (Å²) < 4.78 is 33.1. The number of hydrogen-bond donors (Lipinski definition) is 1. The molecule has 0 aliphatic carbocycles. The number of aromatic nitrogens is 3. The van der Waals surface area contributed by atoms with E-state index in [9.17, 15) is 13.2 Å². The summed E-state index contributed by atoms with van der Waals surface area (Å²) in [7, 11) is -2.27. The van der Waals surface area contributed by atoms with Gasteiger partial charge in [-0.1, -0.05) is 11.6 Å². The van der Waals surface area contributed by atoms with Crippen molar-refractivity contribution in [2.45, 2.75) is 25.3 Å². The Morgan fingerprint density at radius 3 is 2.72 bits per heavy atom. The Balaban J connectivity index is 2.05. The van der Waals surface area contributed by atoms with Crippen molar-refractivity contribution in [2.75, 3.05) is 7.05 Å². The van der Waals surface area contributed by atoms with Crippen molar-refractivity contribution < 1.29 is 12.8 Å². The lowest BCUT2D eigenvalue weighted by atomic mass is 10.2. The number of aryl methyl sites for hydroxylation is 1. The summed E-state index contributed by atoms with van der Waals surface area (Å²) in [6.45, 7) is 3.29. The molecule has 1 N–H and O–H groups in total. The van der Waals surface area contributed by atoms with Gasteiger partial charge >= 0.3 is 0 Å². The molecule has 0 aliphatic rings. The topological polar surface area (TPSA) is 107 Å². The summed E-state index contributed by atoms with van der Waals surface area (Å²) in [6.07, 6.45) is 1.38. The second kappa shape index (κ2) is 6.25. The molecule has 0 fully saturated rings. The van der Waals surface area contributed by atoms with E-state index in [4.69, 9.17) is 16.0 Å². The van der Waals surface area contributed by atoms with Gasteiger partial charge in [0.2, 0.25) is 15.9 Å². The van der Waals surface area contributed by atoms with E-state index in [0.29, 0.717) is 22.2 Å². The van der Waals surface area contributed by atoms with Gasteiger partial charge in [-0.05, 0) is 32.5 Å². The fourth-order valence-corrected chi connectivity index (χ4v) is 3.47. The second-order valence-electron chi connectivity index (χ2n) is 5.48. The van der Waals surface area contributed by atoms with Crippen LogP contribution in [0.5, 0.6) is 0 Å². The van der Waals surface area contributed by atoms with Gasteiger partial charge < -0.3 is 4.42 Å². The van der Waals surface area contributed by atoms with Gasteiger partial charge in [0.15, 0.2) is 5.58 Å². The molecule has 0 aliphatic heterocycles. The lowest BCUT2D eigenvalue weighted by Gasteiger charge is -2.05. The zero-order valence-corrected chi connectivity index (χ0v) is 15.3. The molecule has 3 aromatic rings. The van der Waals surface area contributed by atoms with Crippen LogP contribution in [0.4, 0.5) is 0 Å². The number of fused-ring (bicyclic) bond motifs is 1. The van der Waals surface area contributed by atoms with Crippen LogP contribution in [-0.2, 0) is 16.6 Å². The molecule has 0 amide bonds. The normalized spacial score (nSPS) is 12.0. The van der Waals surface area contributed by atoms with Crippen LogP contribution in [0.15, 0.2) is 32.4 Å². The average molecular weight is 383 g/mol. The molecule has 0 bridgehead atoms. The van der Waals surface area contributed by atoms with Crippen molar-refractivity contribution in [1.82, 2.24) is 19.5 Å². The average Bonchev–Trinajstić information content (AvgIpc) is 2.95. The highest BCUT2D eigenvalue weighted by Crippen LogP contribution is 2.24. The van der Waals surface area contributed by atoms with Crippen LogP contribution in [0.1, 0.15) is 17.0 Å². The molecule has 25 heavy (non-hydrogen) atoms. The lowest BCUT2D eigenvalue weighted by molar-refractivity contribution is 0.479. The molecule has 0 saturated heterocycles. The smallest absolute Gasteiger partial charge is 0.271 e. The number of rotatable bonds is 4. The van der Waals surface area contributed by atoms with E-state index in [-0.39, 0.29) is 27.9 Å². The molecule has 0 spiro atoms. The molecule has 1 aromatic carbocycles. The largest absolute Gasteiger partial charge is 0.439 e. The molecule has 2 aromatic heterocycles. The Morgan fingerprint density at radius 2 is 2.04 bits per heavy atom. The van der Waals surface area contributed by atoms with Crippen molar-refractivity contribution >= 4 is 32.7 Å². The zero-order valence-electron chi connectivity index (χ0n) is 13.7. The van der Waals surface area contributed by atoms with Crippen LogP contribution in [0.25, 0.3) is 11.1 Å². The lowest BCUT2D eigenvalue weighted by Crippen LogP contribution is -2.25. The van der Waals surface area contributed by atoms with E-state index in [2.05, 4.69) is 14.8 Å². The van der Waals surface area contributed by atoms with E-state index in [1.165, 1.54) is 24.0 Å². The van der Waals surface area contributed by atoms with Crippen LogP contribution in [0.2, 0.25) is 5.02 Å². The Kier molecular flexibility index (Phi) is 4.40. The van der Waals surface area contributed by atoms with Gasteiger partial charge in [-0.25, -0.2) is 22.8 Å². The molecule has 0 atom stereocenters. The summed E-state index contributed by atoms with van der Waals surface area (Å²) in [6, 6.07) is 3.03. The predicted octanol–water partition coefficient (Wildman–Crippen LogP) is 1.61. The van der Waals surface area contributed by atoms with Crippen LogP contribution < -0.4 is 10.3 Å². The molecular weight excluding hydrogens is 368 g/mol. The van der Waals surface area contributed by atoms with Gasteiger partial charge in [0.05, 0.1) is 16.1 Å². The maximum absolute atomic E-state index is 12.1. The first-order valence-electron chi connectivity index (χ1n) is 7.29.